The van der Waals surface area contributed by atoms with Crippen molar-refractivity contribution in [2.45, 2.75) is 13.8 Å². The van der Waals surface area contributed by atoms with Crippen molar-refractivity contribution in [3.05, 3.63) is 17.6 Å². The van der Waals surface area contributed by atoms with Crippen LogP contribution in [0.25, 0.3) is 0 Å². The number of anilines is 1. The SMILES string of the molecule is Cc1ncc(NCCS(C)(=O)=O)nc1C. The summed E-state index contributed by atoms with van der Waals surface area (Å²) in [6.07, 6.45) is 2.81. The molecule has 1 N–H and O–H groups in total. The third kappa shape index (κ3) is 4.24. The van der Waals surface area contributed by atoms with E-state index in [1.165, 1.54) is 6.26 Å². The van der Waals surface area contributed by atoms with Crippen LogP contribution in [0.15, 0.2) is 6.20 Å². The van der Waals surface area contributed by atoms with Crippen LogP contribution in [0.3, 0.4) is 0 Å². The maximum atomic E-state index is 10.9. The van der Waals surface area contributed by atoms with Crippen LogP contribution >= 0.6 is 0 Å². The molecule has 0 saturated carbocycles. The second-order valence-corrected chi connectivity index (χ2v) is 5.74. The van der Waals surface area contributed by atoms with Crippen LogP contribution in [0.1, 0.15) is 11.4 Å². The van der Waals surface area contributed by atoms with E-state index in [0.717, 1.165) is 11.4 Å². The fraction of sp³-hybridized carbons (Fsp3) is 0.556. The Hall–Kier alpha value is -1.17. The first kappa shape index (κ1) is 11.9. The number of nitrogens with one attached hydrogen (secondary N) is 1. The van der Waals surface area contributed by atoms with E-state index in [9.17, 15) is 8.42 Å². The molecule has 1 rings (SSSR count). The lowest BCUT2D eigenvalue weighted by molar-refractivity contribution is 0.602. The molecule has 1 aromatic rings. The van der Waals surface area contributed by atoms with Crippen LogP contribution < -0.4 is 5.32 Å². The Kier molecular flexibility index (Phi) is 3.62. The van der Waals surface area contributed by atoms with Crippen molar-refractivity contribution < 1.29 is 8.42 Å². The topological polar surface area (TPSA) is 72.0 Å². The monoisotopic (exact) mass is 229 g/mol. The standard InChI is InChI=1S/C9H15N3O2S/c1-7-8(2)12-9(6-11-7)10-4-5-15(3,13)14/h6H,4-5H2,1-3H3,(H,10,12). The molecule has 0 fully saturated rings. The van der Waals surface area contributed by atoms with Gasteiger partial charge in [-0.15, -0.1) is 0 Å². The molecule has 0 aliphatic rings. The molecule has 0 aliphatic carbocycles. The van der Waals surface area contributed by atoms with Gasteiger partial charge in [-0.05, 0) is 13.8 Å². The number of nitrogens with zero attached hydrogens (tertiary/aromatic N) is 2. The zero-order valence-corrected chi connectivity index (χ0v) is 9.93. The van der Waals surface area contributed by atoms with Crippen molar-refractivity contribution in [3.63, 3.8) is 0 Å². The summed E-state index contributed by atoms with van der Waals surface area (Å²) in [4.78, 5) is 8.34. The third-order valence-electron chi connectivity index (χ3n) is 1.97. The second kappa shape index (κ2) is 4.57. The summed E-state index contributed by atoms with van der Waals surface area (Å²) in [5.41, 5.74) is 1.73. The highest BCUT2D eigenvalue weighted by Crippen LogP contribution is 2.04. The number of hydrogen-bond donors (Lipinski definition) is 1. The summed E-state index contributed by atoms with van der Waals surface area (Å²) >= 11 is 0. The molecule has 6 heteroatoms. The van der Waals surface area contributed by atoms with E-state index >= 15 is 0 Å². The number of hydrogen-bond acceptors (Lipinski definition) is 5. The highest BCUT2D eigenvalue weighted by Gasteiger charge is 2.02. The van der Waals surface area contributed by atoms with Gasteiger partial charge in [0.15, 0.2) is 0 Å². The number of aromatic nitrogens is 2. The average molecular weight is 229 g/mol. The van der Waals surface area contributed by atoms with E-state index in [-0.39, 0.29) is 5.75 Å². The quantitative estimate of drug-likeness (QED) is 0.816. The molecule has 0 aromatic carbocycles. The Morgan fingerprint density at radius 3 is 2.53 bits per heavy atom. The van der Waals surface area contributed by atoms with Crippen LogP contribution in [-0.2, 0) is 9.84 Å². The van der Waals surface area contributed by atoms with Crippen LogP contribution in [0.5, 0.6) is 0 Å². The lowest BCUT2D eigenvalue weighted by Gasteiger charge is -2.05. The Bertz CT molecular complexity index is 443. The van der Waals surface area contributed by atoms with Gasteiger partial charge in [-0.25, -0.2) is 13.4 Å². The van der Waals surface area contributed by atoms with E-state index < -0.39 is 9.84 Å². The average Bonchev–Trinajstić information content (AvgIpc) is 2.09. The molecule has 0 aliphatic heterocycles. The summed E-state index contributed by atoms with van der Waals surface area (Å²) in [5.74, 6) is 0.712. The van der Waals surface area contributed by atoms with Gasteiger partial charge in [-0.3, -0.25) is 4.98 Å². The summed E-state index contributed by atoms with van der Waals surface area (Å²) in [6, 6.07) is 0. The van der Waals surface area contributed by atoms with Crippen LogP contribution in [0.2, 0.25) is 0 Å². The molecule has 0 atom stereocenters. The van der Waals surface area contributed by atoms with Crippen LogP contribution in [0, 0.1) is 13.8 Å². The highest BCUT2D eigenvalue weighted by molar-refractivity contribution is 7.90. The number of rotatable bonds is 4. The van der Waals surface area contributed by atoms with E-state index in [2.05, 4.69) is 15.3 Å². The minimum Gasteiger partial charge on any atom is -0.368 e. The maximum absolute atomic E-state index is 10.9. The van der Waals surface area contributed by atoms with Gasteiger partial charge in [0.2, 0.25) is 0 Å². The molecule has 0 radical (unpaired) electrons. The van der Waals surface area contributed by atoms with Crippen molar-refractivity contribution in [3.8, 4) is 0 Å². The molecule has 0 unspecified atom stereocenters. The molecular formula is C9H15N3O2S. The normalized spacial score (nSPS) is 11.4. The largest absolute Gasteiger partial charge is 0.368 e. The van der Waals surface area contributed by atoms with Crippen molar-refractivity contribution in [2.75, 3.05) is 23.9 Å². The molecule has 0 spiro atoms. The third-order valence-corrected chi connectivity index (χ3v) is 2.92. The predicted octanol–water partition coefficient (Wildman–Crippen LogP) is 0.550. The number of sulfone groups is 1. The van der Waals surface area contributed by atoms with Crippen LogP contribution in [0.4, 0.5) is 5.82 Å². The van der Waals surface area contributed by atoms with E-state index in [0.29, 0.717) is 12.4 Å². The lowest BCUT2D eigenvalue weighted by atomic mass is 10.3. The molecule has 1 heterocycles. The van der Waals surface area contributed by atoms with Gasteiger partial charge in [0.05, 0.1) is 23.3 Å². The number of aryl methyl sites for hydroxylation is 2. The molecule has 0 bridgehead atoms. The van der Waals surface area contributed by atoms with Gasteiger partial charge in [0.1, 0.15) is 15.7 Å². The van der Waals surface area contributed by atoms with E-state index in [4.69, 9.17) is 0 Å². The van der Waals surface area contributed by atoms with Gasteiger partial charge in [-0.2, -0.15) is 0 Å². The zero-order chi connectivity index (χ0) is 11.5. The molecule has 1 aromatic heterocycles. The van der Waals surface area contributed by atoms with E-state index in [1.807, 2.05) is 13.8 Å². The van der Waals surface area contributed by atoms with Gasteiger partial charge >= 0.3 is 0 Å². The van der Waals surface area contributed by atoms with Gasteiger partial charge in [0.25, 0.3) is 0 Å². The van der Waals surface area contributed by atoms with Gasteiger partial charge in [-0.1, -0.05) is 0 Å². The summed E-state index contributed by atoms with van der Waals surface area (Å²) in [6.45, 7) is 4.10. The van der Waals surface area contributed by atoms with Gasteiger partial charge < -0.3 is 5.32 Å². The lowest BCUT2D eigenvalue weighted by Crippen LogP contribution is -2.15. The highest BCUT2D eigenvalue weighted by atomic mass is 32.2. The summed E-state index contributed by atoms with van der Waals surface area (Å²) < 4.78 is 21.7. The van der Waals surface area contributed by atoms with Crippen molar-refractivity contribution in [2.24, 2.45) is 0 Å². The first-order chi connectivity index (χ1) is 6.88. The second-order valence-electron chi connectivity index (χ2n) is 3.48. The first-order valence-corrected chi connectivity index (χ1v) is 6.66. The summed E-state index contributed by atoms with van der Waals surface area (Å²) in [7, 11) is -2.92. The smallest absolute Gasteiger partial charge is 0.149 e. The minimum atomic E-state index is -2.92. The predicted molar refractivity (Wildman–Crippen MR) is 59.7 cm³/mol. The zero-order valence-electron chi connectivity index (χ0n) is 9.11. The van der Waals surface area contributed by atoms with Gasteiger partial charge in [0, 0.05) is 12.8 Å². The fourth-order valence-corrected chi connectivity index (χ4v) is 1.46. The van der Waals surface area contributed by atoms with Crippen molar-refractivity contribution >= 4 is 15.7 Å². The fourth-order valence-electron chi connectivity index (χ4n) is 0.991. The molecule has 84 valence electrons. The Balaban J connectivity index is 2.55. The molecule has 15 heavy (non-hydrogen) atoms. The molecule has 0 amide bonds. The van der Waals surface area contributed by atoms with Crippen molar-refractivity contribution in [1.82, 2.24) is 9.97 Å². The first-order valence-electron chi connectivity index (χ1n) is 4.60. The van der Waals surface area contributed by atoms with Crippen LogP contribution in [-0.4, -0.2) is 36.9 Å². The maximum Gasteiger partial charge on any atom is 0.149 e. The Labute approximate surface area is 89.9 Å². The van der Waals surface area contributed by atoms with E-state index in [1.54, 1.807) is 6.20 Å². The Morgan fingerprint density at radius 2 is 2.00 bits per heavy atom. The Morgan fingerprint density at radius 1 is 1.33 bits per heavy atom. The molecular weight excluding hydrogens is 214 g/mol. The minimum absolute atomic E-state index is 0.0988. The molecule has 5 nitrogen and oxygen atoms in total. The summed E-state index contributed by atoms with van der Waals surface area (Å²) in [5, 5.41) is 2.92. The molecule has 0 saturated heterocycles. The van der Waals surface area contributed by atoms with Crippen molar-refractivity contribution in [1.29, 1.82) is 0 Å².